The van der Waals surface area contributed by atoms with E-state index in [1.165, 1.54) is 0 Å². The van der Waals surface area contributed by atoms with Crippen LogP contribution in [0.25, 0.3) is 27.6 Å². The molecule has 0 radical (unpaired) electrons. The fraction of sp³-hybridized carbons (Fsp3) is 0.250. The molecule has 3 aromatic rings. The van der Waals surface area contributed by atoms with Crippen LogP contribution in [0.3, 0.4) is 0 Å². The van der Waals surface area contributed by atoms with Crippen molar-refractivity contribution in [1.29, 1.82) is 0 Å². The van der Waals surface area contributed by atoms with Gasteiger partial charge in [-0.25, -0.2) is 9.97 Å². The number of benzene rings is 2. The number of hydrogen-bond acceptors (Lipinski definition) is 3. The highest BCUT2D eigenvalue weighted by molar-refractivity contribution is 6.07. The molecule has 0 spiro atoms. The number of rotatable bonds is 2. The molecule has 3 rings (SSSR count). The molecule has 3 heteroatoms. The van der Waals surface area contributed by atoms with Gasteiger partial charge in [0.1, 0.15) is 11.6 Å². The molecule has 0 fully saturated rings. The summed E-state index contributed by atoms with van der Waals surface area (Å²) in [6.07, 6.45) is 1.39. The van der Waals surface area contributed by atoms with Crippen molar-refractivity contribution in [3.05, 3.63) is 41.4 Å². The molecule has 96 valence electrons. The van der Waals surface area contributed by atoms with Crippen molar-refractivity contribution < 1.29 is 5.11 Å². The second-order valence-corrected chi connectivity index (χ2v) is 4.63. The van der Waals surface area contributed by atoms with E-state index in [1.807, 2.05) is 38.1 Å². The van der Waals surface area contributed by atoms with Crippen molar-refractivity contribution in [3.8, 4) is 0 Å². The Morgan fingerprint density at radius 2 is 1.95 bits per heavy atom. The Labute approximate surface area is 111 Å². The third kappa shape index (κ3) is 1.82. The van der Waals surface area contributed by atoms with Crippen LogP contribution in [-0.2, 0) is 6.42 Å². The molecule has 1 N–H and O–H groups in total. The maximum Gasteiger partial charge on any atom is 0.129 e. The van der Waals surface area contributed by atoms with Crippen LogP contribution in [0.5, 0.6) is 0 Å². The van der Waals surface area contributed by atoms with Gasteiger partial charge in [0.05, 0.1) is 11.0 Å². The average Bonchev–Trinajstić information content (AvgIpc) is 2.46. The topological polar surface area (TPSA) is 46.0 Å². The normalized spacial score (nSPS) is 13.2. The highest BCUT2D eigenvalue weighted by atomic mass is 16.3. The van der Waals surface area contributed by atoms with Gasteiger partial charge in [0.25, 0.3) is 0 Å². The molecule has 0 saturated carbocycles. The van der Waals surface area contributed by atoms with Crippen molar-refractivity contribution in [3.63, 3.8) is 0 Å². The first-order valence-corrected chi connectivity index (χ1v) is 6.64. The van der Waals surface area contributed by atoms with E-state index in [1.54, 1.807) is 0 Å². The minimum Gasteiger partial charge on any atom is -0.512 e. The van der Waals surface area contributed by atoms with Crippen LogP contribution in [-0.4, -0.2) is 15.1 Å². The quantitative estimate of drug-likeness (QED) is 0.762. The smallest absolute Gasteiger partial charge is 0.129 e. The number of aliphatic hydroxyl groups excluding tert-OH is 1. The highest BCUT2D eigenvalue weighted by Crippen LogP contribution is 2.22. The lowest BCUT2D eigenvalue weighted by atomic mass is 10.0. The third-order valence-corrected chi connectivity index (χ3v) is 3.45. The second kappa shape index (κ2) is 4.50. The van der Waals surface area contributed by atoms with E-state index in [-0.39, 0.29) is 0 Å². The first-order valence-electron chi connectivity index (χ1n) is 6.64. The Bertz CT molecular complexity index is 808. The van der Waals surface area contributed by atoms with Gasteiger partial charge in [0, 0.05) is 23.4 Å². The van der Waals surface area contributed by atoms with Gasteiger partial charge in [0.15, 0.2) is 0 Å². The van der Waals surface area contributed by atoms with Gasteiger partial charge in [-0.05, 0) is 17.5 Å². The number of aryl methyl sites for hydroxylation is 1. The first-order chi connectivity index (χ1) is 9.24. The van der Waals surface area contributed by atoms with Gasteiger partial charge >= 0.3 is 0 Å². The number of hydrogen-bond donors (Lipinski definition) is 1. The van der Waals surface area contributed by atoms with E-state index in [9.17, 15) is 5.11 Å². The minimum absolute atomic E-state index is 0.382. The zero-order chi connectivity index (χ0) is 13.4. The Balaban J connectivity index is 2.60. The molecule has 0 aliphatic heterocycles. The summed E-state index contributed by atoms with van der Waals surface area (Å²) in [7, 11) is 0. The molecule has 0 aliphatic rings. The summed E-state index contributed by atoms with van der Waals surface area (Å²) in [6, 6.07) is 10.0. The van der Waals surface area contributed by atoms with Crippen LogP contribution in [0.15, 0.2) is 30.3 Å². The van der Waals surface area contributed by atoms with Gasteiger partial charge in [0.2, 0.25) is 0 Å². The zero-order valence-electron chi connectivity index (χ0n) is 11.1. The maximum atomic E-state index is 10.1. The van der Waals surface area contributed by atoms with E-state index >= 15 is 0 Å². The molecule has 0 unspecified atom stereocenters. The summed E-state index contributed by atoms with van der Waals surface area (Å²) in [5.74, 6) is 1.20. The largest absolute Gasteiger partial charge is 0.512 e. The maximum absolute atomic E-state index is 10.1. The molecule has 0 bridgehead atoms. The molecule has 0 saturated heterocycles. The van der Waals surface area contributed by atoms with Gasteiger partial charge in [-0.1, -0.05) is 32.0 Å². The van der Waals surface area contributed by atoms with Crippen molar-refractivity contribution in [2.75, 3.05) is 0 Å². The molecule has 3 nitrogen and oxygen atoms in total. The predicted molar refractivity (Wildman–Crippen MR) is 78.0 cm³/mol. The number of aliphatic hydroxyl groups is 1. The lowest BCUT2D eigenvalue weighted by Gasteiger charge is -2.08. The zero-order valence-corrected chi connectivity index (χ0v) is 11.1. The van der Waals surface area contributed by atoms with Crippen LogP contribution in [0, 0.1) is 0 Å². The fourth-order valence-electron chi connectivity index (χ4n) is 2.42. The van der Waals surface area contributed by atoms with Crippen molar-refractivity contribution >= 4 is 27.6 Å². The summed E-state index contributed by atoms with van der Waals surface area (Å²) < 4.78 is 0. The van der Waals surface area contributed by atoms with Crippen LogP contribution >= 0.6 is 0 Å². The molecular formula is C16H16N2O. The van der Waals surface area contributed by atoms with Crippen molar-refractivity contribution in [1.82, 2.24) is 9.97 Å². The highest BCUT2D eigenvalue weighted by Gasteiger charge is 2.09. The molecule has 1 aromatic heterocycles. The monoisotopic (exact) mass is 252 g/mol. The van der Waals surface area contributed by atoms with E-state index in [2.05, 4.69) is 16.0 Å². The van der Waals surface area contributed by atoms with E-state index in [4.69, 9.17) is 0 Å². The molecular weight excluding hydrogens is 236 g/mol. The summed E-state index contributed by atoms with van der Waals surface area (Å²) in [6.45, 7) is 3.98. The van der Waals surface area contributed by atoms with E-state index < -0.39 is 0 Å². The Morgan fingerprint density at radius 3 is 2.68 bits per heavy atom. The fourth-order valence-corrected chi connectivity index (χ4v) is 2.42. The van der Waals surface area contributed by atoms with Gasteiger partial charge in [-0.15, -0.1) is 0 Å². The predicted octanol–water partition coefficient (Wildman–Crippen LogP) is 3.14. The lowest BCUT2D eigenvalue weighted by molar-refractivity contribution is 0.484. The molecule has 0 aliphatic carbocycles. The molecule has 0 amide bonds. The molecule has 19 heavy (non-hydrogen) atoms. The summed E-state index contributed by atoms with van der Waals surface area (Å²) in [5.41, 5.74) is 1.81. The first kappa shape index (κ1) is 11.9. The molecule has 0 atom stereocenters. The van der Waals surface area contributed by atoms with E-state index in [0.29, 0.717) is 12.2 Å². The molecule has 2 aromatic carbocycles. The Hall–Kier alpha value is -2.16. The molecule has 1 heterocycles. The van der Waals surface area contributed by atoms with Crippen LogP contribution < -0.4 is 5.22 Å². The average molecular weight is 252 g/mol. The van der Waals surface area contributed by atoms with Crippen molar-refractivity contribution in [2.24, 2.45) is 0 Å². The summed E-state index contributed by atoms with van der Waals surface area (Å²) in [4.78, 5) is 9.19. The Kier molecular flexibility index (Phi) is 2.82. The SMILES string of the molecule is CC/C(O)=c1\ccc2cccc3nc(CC)nc1c23. The lowest BCUT2D eigenvalue weighted by Crippen LogP contribution is -2.11. The third-order valence-electron chi connectivity index (χ3n) is 3.45. The Morgan fingerprint density at radius 1 is 1.11 bits per heavy atom. The standard InChI is InChI=1S/C16H16N2O/c1-3-13(19)11-9-8-10-6-5-7-12-15(10)16(11)18-14(4-2)17-12/h5-9,19H,3-4H2,1-2H3/b13-11-. The second-order valence-electron chi connectivity index (χ2n) is 4.63. The van der Waals surface area contributed by atoms with Crippen LogP contribution in [0.1, 0.15) is 26.1 Å². The van der Waals surface area contributed by atoms with Crippen LogP contribution in [0.4, 0.5) is 0 Å². The number of aromatic nitrogens is 2. The van der Waals surface area contributed by atoms with Gasteiger partial charge in [-0.2, -0.15) is 0 Å². The van der Waals surface area contributed by atoms with E-state index in [0.717, 1.165) is 39.3 Å². The van der Waals surface area contributed by atoms with Crippen molar-refractivity contribution in [2.45, 2.75) is 26.7 Å². The van der Waals surface area contributed by atoms with Crippen LogP contribution in [0.2, 0.25) is 0 Å². The summed E-state index contributed by atoms with van der Waals surface area (Å²) in [5, 5.41) is 13.1. The number of nitrogens with zero attached hydrogens (tertiary/aromatic N) is 2. The minimum atomic E-state index is 0.382. The van der Waals surface area contributed by atoms with Gasteiger partial charge < -0.3 is 5.11 Å². The van der Waals surface area contributed by atoms with Gasteiger partial charge in [-0.3, -0.25) is 0 Å². The summed E-state index contributed by atoms with van der Waals surface area (Å²) >= 11 is 0.